The molecule has 2 saturated carbocycles. The normalized spacial score (nSPS) is 32.2. The quantitative estimate of drug-likeness (QED) is 0.822. The predicted molar refractivity (Wildman–Crippen MR) is 72.6 cm³/mol. The van der Waals surface area contributed by atoms with Crippen molar-refractivity contribution >= 4 is 11.9 Å². The molecule has 4 heteroatoms. The first-order valence-corrected chi connectivity index (χ1v) is 7.58. The molecule has 2 aliphatic rings. The van der Waals surface area contributed by atoms with Crippen molar-refractivity contribution in [1.82, 2.24) is 5.32 Å². The fourth-order valence-electron chi connectivity index (χ4n) is 3.62. The van der Waals surface area contributed by atoms with E-state index in [2.05, 4.69) is 5.32 Å². The standard InChI is InChI=1S/C15H25NO3/c1-10-7-12(13(8-10)15(18)19)14(17)16-9-11-5-3-2-4-6-11/h10-13H,2-9H2,1H3,(H,16,17)(H,18,19). The molecule has 0 aliphatic heterocycles. The SMILES string of the molecule is CC1CC(C(=O)O)C(C(=O)NCC2CCCCC2)C1. The Labute approximate surface area is 115 Å². The minimum atomic E-state index is -0.817. The first kappa shape index (κ1) is 14.4. The summed E-state index contributed by atoms with van der Waals surface area (Å²) >= 11 is 0. The first-order chi connectivity index (χ1) is 9.08. The molecule has 3 atom stereocenters. The first-order valence-electron chi connectivity index (χ1n) is 7.58. The number of carboxylic acids is 1. The van der Waals surface area contributed by atoms with Crippen LogP contribution < -0.4 is 5.32 Å². The number of rotatable bonds is 4. The van der Waals surface area contributed by atoms with Crippen LogP contribution in [0.1, 0.15) is 51.9 Å². The Morgan fingerprint density at radius 3 is 2.37 bits per heavy atom. The Morgan fingerprint density at radius 2 is 1.74 bits per heavy atom. The van der Waals surface area contributed by atoms with Gasteiger partial charge in [-0.15, -0.1) is 0 Å². The molecule has 4 nitrogen and oxygen atoms in total. The Balaban J connectivity index is 1.82. The van der Waals surface area contributed by atoms with Gasteiger partial charge in [-0.2, -0.15) is 0 Å². The lowest BCUT2D eigenvalue weighted by Gasteiger charge is -2.23. The van der Waals surface area contributed by atoms with Crippen molar-refractivity contribution < 1.29 is 14.7 Å². The Kier molecular flexibility index (Phi) is 4.83. The number of amides is 1. The molecule has 2 rings (SSSR count). The molecular weight excluding hydrogens is 242 g/mol. The smallest absolute Gasteiger partial charge is 0.307 e. The molecule has 0 aromatic carbocycles. The zero-order chi connectivity index (χ0) is 13.8. The van der Waals surface area contributed by atoms with Crippen molar-refractivity contribution in [3.63, 3.8) is 0 Å². The minimum Gasteiger partial charge on any atom is -0.481 e. The van der Waals surface area contributed by atoms with E-state index in [4.69, 9.17) is 0 Å². The Bertz CT molecular complexity index is 336. The summed E-state index contributed by atoms with van der Waals surface area (Å²) in [5, 5.41) is 12.2. The number of carboxylic acid groups (broad SMARTS) is 1. The highest BCUT2D eigenvalue weighted by Gasteiger charge is 2.41. The van der Waals surface area contributed by atoms with E-state index in [1.54, 1.807) is 0 Å². The maximum absolute atomic E-state index is 12.2. The van der Waals surface area contributed by atoms with Gasteiger partial charge >= 0.3 is 5.97 Å². The van der Waals surface area contributed by atoms with Gasteiger partial charge in [0.25, 0.3) is 0 Å². The molecule has 1 amide bonds. The highest BCUT2D eigenvalue weighted by Crippen LogP contribution is 2.36. The molecule has 2 aliphatic carbocycles. The molecule has 108 valence electrons. The van der Waals surface area contributed by atoms with Crippen LogP contribution in [-0.2, 0) is 9.59 Å². The van der Waals surface area contributed by atoms with Gasteiger partial charge < -0.3 is 10.4 Å². The molecule has 0 bridgehead atoms. The largest absolute Gasteiger partial charge is 0.481 e. The topological polar surface area (TPSA) is 66.4 Å². The predicted octanol–water partition coefficient (Wildman–Crippen LogP) is 2.43. The average molecular weight is 267 g/mol. The van der Waals surface area contributed by atoms with Gasteiger partial charge in [0.15, 0.2) is 0 Å². The lowest BCUT2D eigenvalue weighted by atomic mass is 9.89. The van der Waals surface area contributed by atoms with E-state index in [9.17, 15) is 14.7 Å². The van der Waals surface area contributed by atoms with Gasteiger partial charge in [-0.3, -0.25) is 9.59 Å². The molecule has 0 heterocycles. The van der Waals surface area contributed by atoms with Crippen molar-refractivity contribution in [3.8, 4) is 0 Å². The van der Waals surface area contributed by atoms with Gasteiger partial charge in [0, 0.05) is 6.54 Å². The molecule has 0 aromatic heterocycles. The van der Waals surface area contributed by atoms with Gasteiger partial charge in [-0.1, -0.05) is 26.2 Å². The number of aliphatic carboxylic acids is 1. The molecule has 3 unspecified atom stereocenters. The lowest BCUT2D eigenvalue weighted by molar-refractivity contribution is -0.146. The molecule has 2 N–H and O–H groups in total. The highest BCUT2D eigenvalue weighted by atomic mass is 16.4. The molecule has 2 fully saturated rings. The molecular formula is C15H25NO3. The summed E-state index contributed by atoms with van der Waals surface area (Å²) in [6, 6.07) is 0. The van der Waals surface area contributed by atoms with Gasteiger partial charge in [-0.25, -0.2) is 0 Å². The summed E-state index contributed by atoms with van der Waals surface area (Å²) in [7, 11) is 0. The number of hydrogen-bond acceptors (Lipinski definition) is 2. The van der Waals surface area contributed by atoms with Crippen molar-refractivity contribution in [3.05, 3.63) is 0 Å². The van der Waals surface area contributed by atoms with Crippen LogP contribution in [0.15, 0.2) is 0 Å². The fourth-order valence-corrected chi connectivity index (χ4v) is 3.62. The second-order valence-electron chi connectivity index (χ2n) is 6.38. The summed E-state index contributed by atoms with van der Waals surface area (Å²) in [5.41, 5.74) is 0. The van der Waals surface area contributed by atoms with E-state index in [0.717, 1.165) is 6.54 Å². The van der Waals surface area contributed by atoms with Crippen LogP contribution in [0.25, 0.3) is 0 Å². The summed E-state index contributed by atoms with van der Waals surface area (Å²) in [6.07, 6.45) is 7.58. The Hall–Kier alpha value is -1.06. The third-order valence-electron chi connectivity index (χ3n) is 4.74. The number of carbonyl (C=O) groups excluding carboxylic acids is 1. The monoisotopic (exact) mass is 267 g/mol. The van der Waals surface area contributed by atoms with Gasteiger partial charge in [0.1, 0.15) is 0 Å². The molecule has 0 aromatic rings. The average Bonchev–Trinajstić information content (AvgIpc) is 2.79. The van der Waals surface area contributed by atoms with Crippen molar-refractivity contribution in [1.29, 1.82) is 0 Å². The minimum absolute atomic E-state index is 0.0395. The second kappa shape index (κ2) is 6.40. The maximum Gasteiger partial charge on any atom is 0.307 e. The molecule has 0 spiro atoms. The van der Waals surface area contributed by atoms with Crippen LogP contribution in [0, 0.1) is 23.7 Å². The van der Waals surface area contributed by atoms with E-state index >= 15 is 0 Å². The fraction of sp³-hybridized carbons (Fsp3) is 0.867. The van der Waals surface area contributed by atoms with Crippen LogP contribution in [0.5, 0.6) is 0 Å². The Morgan fingerprint density at radius 1 is 1.11 bits per heavy atom. The third kappa shape index (κ3) is 3.71. The zero-order valence-electron chi connectivity index (χ0n) is 11.7. The van der Waals surface area contributed by atoms with Gasteiger partial charge in [0.2, 0.25) is 5.91 Å². The van der Waals surface area contributed by atoms with E-state index in [1.165, 1.54) is 32.1 Å². The van der Waals surface area contributed by atoms with E-state index in [0.29, 0.717) is 24.7 Å². The highest BCUT2D eigenvalue weighted by molar-refractivity contribution is 5.85. The van der Waals surface area contributed by atoms with E-state index < -0.39 is 11.9 Å². The number of nitrogens with one attached hydrogen (secondary N) is 1. The summed E-state index contributed by atoms with van der Waals surface area (Å²) in [6.45, 7) is 2.76. The summed E-state index contributed by atoms with van der Waals surface area (Å²) in [5.74, 6) is -0.728. The van der Waals surface area contributed by atoms with Crippen LogP contribution in [0.2, 0.25) is 0 Å². The second-order valence-corrected chi connectivity index (χ2v) is 6.38. The van der Waals surface area contributed by atoms with Crippen molar-refractivity contribution in [2.45, 2.75) is 51.9 Å². The van der Waals surface area contributed by atoms with Gasteiger partial charge in [-0.05, 0) is 37.5 Å². The molecule has 19 heavy (non-hydrogen) atoms. The van der Waals surface area contributed by atoms with Crippen molar-refractivity contribution in [2.75, 3.05) is 6.54 Å². The van der Waals surface area contributed by atoms with Crippen LogP contribution >= 0.6 is 0 Å². The molecule has 0 saturated heterocycles. The number of carbonyl (C=O) groups is 2. The third-order valence-corrected chi connectivity index (χ3v) is 4.74. The summed E-state index contributed by atoms with van der Waals surface area (Å²) in [4.78, 5) is 23.4. The zero-order valence-corrected chi connectivity index (χ0v) is 11.7. The van der Waals surface area contributed by atoms with Gasteiger partial charge in [0.05, 0.1) is 11.8 Å². The number of hydrogen-bond donors (Lipinski definition) is 2. The molecule has 0 radical (unpaired) electrons. The van der Waals surface area contributed by atoms with Crippen LogP contribution in [0.4, 0.5) is 0 Å². The maximum atomic E-state index is 12.2. The lowest BCUT2D eigenvalue weighted by Crippen LogP contribution is -2.38. The van der Waals surface area contributed by atoms with E-state index in [-0.39, 0.29) is 11.8 Å². The van der Waals surface area contributed by atoms with Crippen LogP contribution in [-0.4, -0.2) is 23.5 Å². The summed E-state index contributed by atoms with van der Waals surface area (Å²) < 4.78 is 0. The van der Waals surface area contributed by atoms with Crippen LogP contribution in [0.3, 0.4) is 0 Å². The van der Waals surface area contributed by atoms with Crippen molar-refractivity contribution in [2.24, 2.45) is 23.7 Å². The van der Waals surface area contributed by atoms with E-state index in [1.807, 2.05) is 6.92 Å².